The molecule has 0 spiro atoms. The molecule has 29 heavy (non-hydrogen) atoms. The van der Waals surface area contributed by atoms with Crippen LogP contribution in [0.5, 0.6) is 11.5 Å². The zero-order chi connectivity index (χ0) is 21.0. The van der Waals surface area contributed by atoms with Gasteiger partial charge in [-0.3, -0.25) is 14.4 Å². The first kappa shape index (κ1) is 20.2. The number of anilines is 2. The number of hydrogen-bond donors (Lipinski definition) is 2. The van der Waals surface area contributed by atoms with E-state index in [1.165, 1.54) is 14.0 Å². The predicted molar refractivity (Wildman–Crippen MR) is 106 cm³/mol. The molecule has 0 unspecified atom stereocenters. The minimum Gasteiger partial charge on any atom is -0.495 e. The van der Waals surface area contributed by atoms with E-state index < -0.39 is 30.0 Å². The normalized spacial score (nSPS) is 16.0. The number of amides is 2. The van der Waals surface area contributed by atoms with E-state index >= 15 is 0 Å². The molecule has 2 amide bonds. The fourth-order valence-corrected chi connectivity index (χ4v) is 2.83. The summed E-state index contributed by atoms with van der Waals surface area (Å²) in [5, 5.41) is 5.36. The summed E-state index contributed by atoms with van der Waals surface area (Å²) in [5.74, 6) is -0.706. The number of hydrogen-bond acceptors (Lipinski definition) is 6. The van der Waals surface area contributed by atoms with Crippen molar-refractivity contribution in [3.63, 3.8) is 0 Å². The van der Waals surface area contributed by atoms with Crippen molar-refractivity contribution in [2.45, 2.75) is 32.5 Å². The molecule has 8 nitrogen and oxygen atoms in total. The summed E-state index contributed by atoms with van der Waals surface area (Å²) in [5.41, 5.74) is 1.96. The Morgan fingerprint density at radius 1 is 1.24 bits per heavy atom. The molecule has 1 aliphatic rings. The van der Waals surface area contributed by atoms with Crippen LogP contribution in [0.2, 0.25) is 0 Å². The fourth-order valence-electron chi connectivity index (χ4n) is 2.83. The molecule has 0 fully saturated rings. The van der Waals surface area contributed by atoms with Crippen LogP contribution in [-0.2, 0) is 19.1 Å². The summed E-state index contributed by atoms with van der Waals surface area (Å²) in [6, 6.07) is 12.3. The molecule has 0 bridgehead atoms. The van der Waals surface area contributed by atoms with Gasteiger partial charge in [0.05, 0.1) is 24.9 Å². The summed E-state index contributed by atoms with van der Waals surface area (Å²) in [4.78, 5) is 36.7. The van der Waals surface area contributed by atoms with Crippen molar-refractivity contribution in [1.29, 1.82) is 0 Å². The van der Waals surface area contributed by atoms with Gasteiger partial charge in [0.15, 0.2) is 12.2 Å². The fraction of sp³-hybridized carbons (Fsp3) is 0.286. The molecule has 2 N–H and O–H groups in total. The second-order valence-corrected chi connectivity index (χ2v) is 6.62. The highest BCUT2D eigenvalue weighted by atomic mass is 16.6. The van der Waals surface area contributed by atoms with E-state index in [-0.39, 0.29) is 6.42 Å². The van der Waals surface area contributed by atoms with Gasteiger partial charge in [-0.05, 0) is 43.7 Å². The van der Waals surface area contributed by atoms with Crippen LogP contribution in [-0.4, -0.2) is 37.1 Å². The number of nitrogens with one attached hydrogen (secondary N) is 2. The number of carbonyl (C=O) groups excluding carboxylic acids is 3. The molecule has 2 aromatic rings. The Balaban J connectivity index is 1.57. The Morgan fingerprint density at radius 2 is 2.00 bits per heavy atom. The van der Waals surface area contributed by atoms with E-state index in [1.54, 1.807) is 36.4 Å². The third kappa shape index (κ3) is 4.84. The molecule has 0 aromatic heterocycles. The SMILES string of the molecule is COc1ccc(C)cc1NC(=O)[C@@H](C)OC(=O)C[C@H]1Oc2ccccc2NC1=O. The van der Waals surface area contributed by atoms with Crippen molar-refractivity contribution in [3.05, 3.63) is 48.0 Å². The van der Waals surface area contributed by atoms with Crippen LogP contribution >= 0.6 is 0 Å². The van der Waals surface area contributed by atoms with Gasteiger partial charge in [-0.2, -0.15) is 0 Å². The van der Waals surface area contributed by atoms with Crippen LogP contribution in [0, 0.1) is 6.92 Å². The van der Waals surface area contributed by atoms with E-state index in [1.807, 2.05) is 13.0 Å². The van der Waals surface area contributed by atoms with Gasteiger partial charge >= 0.3 is 5.97 Å². The Kier molecular flexibility index (Phi) is 6.01. The highest BCUT2D eigenvalue weighted by Crippen LogP contribution is 2.30. The molecule has 152 valence electrons. The maximum atomic E-state index is 12.4. The molecule has 0 radical (unpaired) electrons. The van der Waals surface area contributed by atoms with E-state index in [4.69, 9.17) is 14.2 Å². The van der Waals surface area contributed by atoms with Gasteiger partial charge in [0.2, 0.25) is 0 Å². The highest BCUT2D eigenvalue weighted by Gasteiger charge is 2.31. The topological polar surface area (TPSA) is 103 Å². The first-order valence-corrected chi connectivity index (χ1v) is 9.09. The standard InChI is InChI=1S/C21H22N2O6/c1-12-8-9-16(27-3)15(10-12)23-20(25)13(2)28-19(24)11-18-21(26)22-14-6-4-5-7-17(14)29-18/h4-10,13,18H,11H2,1-3H3,(H,22,26)(H,23,25)/t13-,18-/m1/s1. The average Bonchev–Trinajstić information content (AvgIpc) is 2.68. The predicted octanol–water partition coefficient (Wildman–Crippen LogP) is 2.66. The highest BCUT2D eigenvalue weighted by molar-refractivity contribution is 6.00. The van der Waals surface area contributed by atoms with Gasteiger partial charge in [-0.25, -0.2) is 0 Å². The van der Waals surface area contributed by atoms with Crippen molar-refractivity contribution in [2.75, 3.05) is 17.7 Å². The first-order chi connectivity index (χ1) is 13.9. The van der Waals surface area contributed by atoms with Gasteiger partial charge in [-0.15, -0.1) is 0 Å². The minimum atomic E-state index is -1.06. The molecule has 0 saturated heterocycles. The summed E-state index contributed by atoms with van der Waals surface area (Å²) in [6.07, 6.45) is -2.40. The third-order valence-corrected chi connectivity index (χ3v) is 4.35. The maximum Gasteiger partial charge on any atom is 0.310 e. The zero-order valence-electron chi connectivity index (χ0n) is 16.4. The quantitative estimate of drug-likeness (QED) is 0.725. The van der Waals surface area contributed by atoms with Gasteiger partial charge in [0.1, 0.15) is 11.5 Å². The van der Waals surface area contributed by atoms with Crippen LogP contribution in [0.25, 0.3) is 0 Å². The second-order valence-electron chi connectivity index (χ2n) is 6.62. The van der Waals surface area contributed by atoms with Gasteiger partial charge in [0.25, 0.3) is 11.8 Å². The van der Waals surface area contributed by atoms with Crippen LogP contribution < -0.4 is 20.1 Å². The van der Waals surface area contributed by atoms with Crippen molar-refractivity contribution in [2.24, 2.45) is 0 Å². The lowest BCUT2D eigenvalue weighted by Crippen LogP contribution is -2.40. The zero-order valence-corrected chi connectivity index (χ0v) is 16.4. The van der Waals surface area contributed by atoms with Gasteiger partial charge < -0.3 is 24.8 Å². The number of rotatable bonds is 6. The lowest BCUT2D eigenvalue weighted by Gasteiger charge is -2.25. The molecule has 8 heteroatoms. The van der Waals surface area contributed by atoms with Crippen LogP contribution in [0.15, 0.2) is 42.5 Å². The number of esters is 1. The third-order valence-electron chi connectivity index (χ3n) is 4.35. The van der Waals surface area contributed by atoms with E-state index in [0.717, 1.165) is 5.56 Å². The number of para-hydroxylation sites is 2. The average molecular weight is 398 g/mol. The van der Waals surface area contributed by atoms with Gasteiger partial charge in [-0.1, -0.05) is 18.2 Å². The molecule has 2 aromatic carbocycles. The Labute approximate surface area is 168 Å². The van der Waals surface area contributed by atoms with Crippen LogP contribution in [0.3, 0.4) is 0 Å². The van der Waals surface area contributed by atoms with E-state index in [9.17, 15) is 14.4 Å². The number of carbonyl (C=O) groups is 3. The number of ether oxygens (including phenoxy) is 3. The molecule has 0 saturated carbocycles. The Bertz CT molecular complexity index is 943. The first-order valence-electron chi connectivity index (χ1n) is 9.09. The van der Waals surface area contributed by atoms with Crippen LogP contribution in [0.4, 0.5) is 11.4 Å². The van der Waals surface area contributed by atoms with Crippen molar-refractivity contribution < 1.29 is 28.6 Å². The lowest BCUT2D eigenvalue weighted by molar-refractivity contribution is -0.155. The van der Waals surface area contributed by atoms with E-state index in [2.05, 4.69) is 10.6 Å². The summed E-state index contributed by atoms with van der Waals surface area (Å²) in [7, 11) is 1.50. The maximum absolute atomic E-state index is 12.4. The molecular weight excluding hydrogens is 376 g/mol. The molecule has 1 heterocycles. The summed E-state index contributed by atoms with van der Waals surface area (Å²) in [6.45, 7) is 3.33. The number of benzene rings is 2. The van der Waals surface area contributed by atoms with Crippen molar-refractivity contribution >= 4 is 29.2 Å². The smallest absolute Gasteiger partial charge is 0.310 e. The van der Waals surface area contributed by atoms with Gasteiger partial charge in [0, 0.05) is 0 Å². The van der Waals surface area contributed by atoms with Crippen molar-refractivity contribution in [3.8, 4) is 11.5 Å². The summed E-state index contributed by atoms with van der Waals surface area (Å²) >= 11 is 0. The molecule has 0 aliphatic carbocycles. The molecule has 3 rings (SSSR count). The monoisotopic (exact) mass is 398 g/mol. The number of methoxy groups -OCH3 is 1. The van der Waals surface area contributed by atoms with Crippen LogP contribution in [0.1, 0.15) is 18.9 Å². The Morgan fingerprint density at radius 3 is 2.76 bits per heavy atom. The van der Waals surface area contributed by atoms with Crippen molar-refractivity contribution in [1.82, 2.24) is 0 Å². The van der Waals surface area contributed by atoms with E-state index in [0.29, 0.717) is 22.9 Å². The minimum absolute atomic E-state index is 0.314. The molecule has 2 atom stereocenters. The lowest BCUT2D eigenvalue weighted by atomic mass is 10.1. The largest absolute Gasteiger partial charge is 0.495 e. The molecule has 1 aliphatic heterocycles. The second kappa shape index (κ2) is 8.64. The number of fused-ring (bicyclic) bond motifs is 1. The number of aryl methyl sites for hydroxylation is 1. The molecular formula is C21H22N2O6. The summed E-state index contributed by atoms with van der Waals surface area (Å²) < 4.78 is 16.0. The Hall–Kier alpha value is -3.55.